The third-order valence-electron chi connectivity index (χ3n) is 9.62. The van der Waals surface area contributed by atoms with E-state index in [-0.39, 0.29) is 6.17 Å². The number of nitrogens with zero attached hydrogens (tertiary/aromatic N) is 5. The highest BCUT2D eigenvalue weighted by Gasteiger charge is 2.22. The Labute approximate surface area is 288 Å². The summed E-state index contributed by atoms with van der Waals surface area (Å²) in [5.41, 5.74) is 8.64. The van der Waals surface area contributed by atoms with Gasteiger partial charge in [-0.25, -0.2) is 15.0 Å². The van der Waals surface area contributed by atoms with E-state index < -0.39 is 0 Å². The summed E-state index contributed by atoms with van der Waals surface area (Å²) in [7, 11) is 0. The first-order chi connectivity index (χ1) is 24.8. The van der Waals surface area contributed by atoms with Gasteiger partial charge in [0.05, 0.1) is 22.1 Å². The molecule has 6 aromatic carbocycles. The number of hydrogen-bond acceptors (Lipinski definition) is 4. The Kier molecular flexibility index (Phi) is 6.45. The molecular weight excluding hydrogens is 613 g/mol. The van der Waals surface area contributed by atoms with Crippen LogP contribution in [0.15, 0.2) is 170 Å². The fourth-order valence-corrected chi connectivity index (χ4v) is 7.33. The summed E-state index contributed by atoms with van der Waals surface area (Å²) >= 11 is 0. The summed E-state index contributed by atoms with van der Waals surface area (Å²) in [6.07, 6.45) is 6.23. The fraction of sp³-hybridized carbons (Fsp3) is 0.0227. The van der Waals surface area contributed by atoms with Gasteiger partial charge in [-0.15, -0.1) is 0 Å². The lowest BCUT2D eigenvalue weighted by Gasteiger charge is -2.22. The van der Waals surface area contributed by atoms with Gasteiger partial charge in [-0.05, 0) is 48.6 Å². The molecule has 1 aliphatic heterocycles. The SMILES string of the molecule is C1=CC(n2c3ccccc3c3cc4c5ccccc5n(-c5ccccc5)c4cc32)NC=C1c1nc(-c2ccccc2)nc(-c2ccccc2)n1. The molecule has 1 unspecified atom stereocenters. The molecule has 6 nitrogen and oxygen atoms in total. The predicted molar refractivity (Wildman–Crippen MR) is 204 cm³/mol. The van der Waals surface area contributed by atoms with Gasteiger partial charge in [-0.2, -0.15) is 0 Å². The smallest absolute Gasteiger partial charge is 0.165 e. The van der Waals surface area contributed by atoms with Gasteiger partial charge in [0, 0.05) is 50.1 Å². The van der Waals surface area contributed by atoms with Gasteiger partial charge in [0.25, 0.3) is 0 Å². The van der Waals surface area contributed by atoms with E-state index in [0.717, 1.165) is 27.9 Å². The molecule has 1 aliphatic rings. The zero-order chi connectivity index (χ0) is 33.0. The first-order valence-corrected chi connectivity index (χ1v) is 16.8. The number of allylic oxidation sites excluding steroid dienone is 2. The van der Waals surface area contributed by atoms with Gasteiger partial charge < -0.3 is 14.5 Å². The number of hydrogen-bond donors (Lipinski definition) is 1. The number of nitrogens with one attached hydrogen (secondary N) is 1. The van der Waals surface area contributed by atoms with Crippen LogP contribution in [-0.4, -0.2) is 24.1 Å². The minimum absolute atomic E-state index is 0.128. The van der Waals surface area contributed by atoms with Gasteiger partial charge in [0.2, 0.25) is 0 Å². The van der Waals surface area contributed by atoms with Crippen LogP contribution in [0.1, 0.15) is 12.0 Å². The molecule has 0 saturated heterocycles. The largest absolute Gasteiger partial charge is 0.367 e. The van der Waals surface area contributed by atoms with Gasteiger partial charge >= 0.3 is 0 Å². The van der Waals surface area contributed by atoms with Crippen molar-refractivity contribution in [3.8, 4) is 28.5 Å². The molecule has 4 heterocycles. The topological polar surface area (TPSA) is 60.6 Å². The Balaban J connectivity index is 1.11. The minimum atomic E-state index is -0.128. The number of dihydropyridines is 1. The lowest BCUT2D eigenvalue weighted by Crippen LogP contribution is -2.23. The first-order valence-electron chi connectivity index (χ1n) is 16.8. The molecule has 236 valence electrons. The van der Waals surface area contributed by atoms with Gasteiger partial charge in [-0.1, -0.05) is 115 Å². The van der Waals surface area contributed by atoms with Crippen molar-refractivity contribution in [3.63, 3.8) is 0 Å². The van der Waals surface area contributed by atoms with Crippen LogP contribution >= 0.6 is 0 Å². The van der Waals surface area contributed by atoms with E-state index in [9.17, 15) is 0 Å². The molecule has 50 heavy (non-hydrogen) atoms. The van der Waals surface area contributed by atoms with Gasteiger partial charge in [0.15, 0.2) is 17.5 Å². The van der Waals surface area contributed by atoms with Crippen molar-refractivity contribution in [2.24, 2.45) is 0 Å². The van der Waals surface area contributed by atoms with E-state index in [1.165, 1.54) is 38.1 Å². The third kappa shape index (κ3) is 4.54. The molecule has 0 fully saturated rings. The number of benzene rings is 6. The van der Waals surface area contributed by atoms with Crippen LogP contribution in [0.5, 0.6) is 0 Å². The Morgan fingerprint density at radius 2 is 1.00 bits per heavy atom. The zero-order valence-corrected chi connectivity index (χ0v) is 27.0. The highest BCUT2D eigenvalue weighted by molar-refractivity contribution is 6.18. The maximum absolute atomic E-state index is 4.94. The van der Waals surface area contributed by atoms with Crippen molar-refractivity contribution >= 4 is 49.2 Å². The summed E-state index contributed by atoms with van der Waals surface area (Å²) < 4.78 is 4.78. The zero-order valence-electron chi connectivity index (χ0n) is 27.0. The monoisotopic (exact) mass is 642 g/mol. The summed E-state index contributed by atoms with van der Waals surface area (Å²) in [4.78, 5) is 14.7. The van der Waals surface area contributed by atoms with E-state index in [1.54, 1.807) is 0 Å². The second kappa shape index (κ2) is 11.4. The quantitative estimate of drug-likeness (QED) is 0.203. The summed E-state index contributed by atoms with van der Waals surface area (Å²) in [5.74, 6) is 1.91. The van der Waals surface area contributed by atoms with Crippen LogP contribution in [0.3, 0.4) is 0 Å². The standard InChI is InChI=1S/C44H30N6/c1-4-14-29(15-5-1)42-46-43(30-16-6-2-7-17-30)48-44(47-42)31-24-25-41(45-28-31)50-38-23-13-11-21-34(38)36-26-35-33-20-10-12-22-37(33)49(39(35)27-40(36)50)32-18-8-3-9-19-32/h1-28,41,45H. The average molecular weight is 643 g/mol. The van der Waals surface area contributed by atoms with Crippen LogP contribution in [0.25, 0.3) is 77.6 Å². The minimum Gasteiger partial charge on any atom is -0.367 e. The van der Waals surface area contributed by atoms with Crippen LogP contribution in [-0.2, 0) is 0 Å². The maximum atomic E-state index is 4.94. The van der Waals surface area contributed by atoms with E-state index in [4.69, 9.17) is 15.0 Å². The van der Waals surface area contributed by atoms with Gasteiger partial charge in [0.1, 0.15) is 6.17 Å². The Morgan fingerprint density at radius 1 is 0.460 bits per heavy atom. The summed E-state index contributed by atoms with van der Waals surface area (Å²) in [6.45, 7) is 0. The van der Waals surface area contributed by atoms with E-state index >= 15 is 0 Å². The van der Waals surface area contributed by atoms with E-state index in [1.807, 2.05) is 66.9 Å². The second-order valence-electron chi connectivity index (χ2n) is 12.6. The van der Waals surface area contributed by atoms with Crippen LogP contribution in [0.2, 0.25) is 0 Å². The number of fused-ring (bicyclic) bond motifs is 6. The van der Waals surface area contributed by atoms with Crippen LogP contribution < -0.4 is 5.32 Å². The molecule has 6 heteroatoms. The van der Waals surface area contributed by atoms with Crippen molar-refractivity contribution in [1.82, 2.24) is 29.4 Å². The molecule has 1 atom stereocenters. The Bertz CT molecular complexity index is 2720. The average Bonchev–Trinajstić information content (AvgIpc) is 3.70. The molecule has 0 amide bonds. The molecule has 0 aliphatic carbocycles. The lowest BCUT2D eigenvalue weighted by molar-refractivity contribution is 0.579. The van der Waals surface area contributed by atoms with Crippen molar-refractivity contribution in [2.75, 3.05) is 0 Å². The molecular formula is C44H30N6. The highest BCUT2D eigenvalue weighted by atomic mass is 15.2. The van der Waals surface area contributed by atoms with Crippen molar-refractivity contribution in [3.05, 3.63) is 176 Å². The van der Waals surface area contributed by atoms with Crippen molar-refractivity contribution in [1.29, 1.82) is 0 Å². The molecule has 0 spiro atoms. The van der Waals surface area contributed by atoms with Crippen LogP contribution in [0.4, 0.5) is 0 Å². The molecule has 0 radical (unpaired) electrons. The Hall–Kier alpha value is -6.79. The van der Waals surface area contributed by atoms with Crippen molar-refractivity contribution in [2.45, 2.75) is 6.17 Å². The molecule has 9 aromatic rings. The van der Waals surface area contributed by atoms with E-state index in [0.29, 0.717) is 17.5 Å². The molecule has 0 saturated carbocycles. The highest BCUT2D eigenvalue weighted by Crippen LogP contribution is 2.40. The molecule has 0 bridgehead atoms. The molecule has 3 aromatic heterocycles. The normalized spacial score (nSPS) is 14.4. The van der Waals surface area contributed by atoms with Crippen molar-refractivity contribution < 1.29 is 0 Å². The number of aromatic nitrogens is 5. The first kappa shape index (κ1) is 28.2. The summed E-state index contributed by atoms with van der Waals surface area (Å²) in [6, 6.07) is 52.9. The number of rotatable bonds is 5. The second-order valence-corrected chi connectivity index (χ2v) is 12.6. The predicted octanol–water partition coefficient (Wildman–Crippen LogP) is 10.1. The molecule has 1 N–H and O–H groups in total. The Morgan fingerprint density at radius 3 is 1.64 bits per heavy atom. The lowest BCUT2D eigenvalue weighted by atomic mass is 10.1. The maximum Gasteiger partial charge on any atom is 0.165 e. The molecule has 10 rings (SSSR count). The number of para-hydroxylation sites is 3. The van der Waals surface area contributed by atoms with E-state index in [2.05, 4.69) is 118 Å². The van der Waals surface area contributed by atoms with Crippen LogP contribution in [0, 0.1) is 0 Å². The third-order valence-corrected chi connectivity index (χ3v) is 9.62. The summed E-state index contributed by atoms with van der Waals surface area (Å²) in [5, 5.41) is 8.64. The van der Waals surface area contributed by atoms with Gasteiger partial charge in [-0.3, -0.25) is 0 Å². The fourth-order valence-electron chi connectivity index (χ4n) is 7.33.